The third kappa shape index (κ3) is 4.24. The number of nitrogens with zero attached hydrogens (tertiary/aromatic N) is 5. The molecule has 0 saturated carbocycles. The van der Waals surface area contributed by atoms with E-state index in [2.05, 4.69) is 28.7 Å². The van der Waals surface area contributed by atoms with Crippen molar-refractivity contribution < 1.29 is 14.3 Å². The monoisotopic (exact) mass is 479 g/mol. The highest BCUT2D eigenvalue weighted by atomic mass is 35.5. The largest absolute Gasteiger partial charge is 0.344 e. The third-order valence-electron chi connectivity index (χ3n) is 6.42. The van der Waals surface area contributed by atoms with E-state index in [-0.39, 0.29) is 18.4 Å². The number of fused-ring (bicyclic) bond motifs is 2. The number of pyridine rings is 2. The van der Waals surface area contributed by atoms with Crippen LogP contribution in [-0.4, -0.2) is 70.4 Å². The molecule has 2 amide bonds. The standard InChI is InChI=1S/C25H26ClN5O3/c1-16(2)29-11-13-30(14-12-29)22(32)15-34-25-19-6-4-3-5-18(19)24(33)31(25)21-10-8-17-7-9-20(26)27-23(17)28-21/h3-10,16,25H,11-15H2,1-2H3. The first-order chi connectivity index (χ1) is 16.4. The summed E-state index contributed by atoms with van der Waals surface area (Å²) in [7, 11) is 0. The molecule has 3 aromatic rings. The molecule has 0 spiro atoms. The number of benzene rings is 1. The quantitative estimate of drug-likeness (QED) is 0.521. The predicted molar refractivity (Wildman–Crippen MR) is 130 cm³/mol. The van der Waals surface area contributed by atoms with Gasteiger partial charge in [-0.1, -0.05) is 29.8 Å². The minimum Gasteiger partial charge on any atom is -0.344 e. The summed E-state index contributed by atoms with van der Waals surface area (Å²) in [6.07, 6.45) is -0.756. The van der Waals surface area contributed by atoms with Crippen molar-refractivity contribution in [1.82, 2.24) is 19.8 Å². The molecule has 1 aromatic carbocycles. The number of ether oxygens (including phenoxy) is 1. The van der Waals surface area contributed by atoms with Gasteiger partial charge in [-0.15, -0.1) is 0 Å². The van der Waals surface area contributed by atoms with Crippen LogP contribution < -0.4 is 4.90 Å². The van der Waals surface area contributed by atoms with Crippen LogP contribution >= 0.6 is 11.6 Å². The first kappa shape index (κ1) is 22.7. The molecule has 1 fully saturated rings. The van der Waals surface area contributed by atoms with Gasteiger partial charge >= 0.3 is 0 Å². The van der Waals surface area contributed by atoms with Crippen LogP contribution in [0.25, 0.3) is 11.0 Å². The Bertz CT molecular complexity index is 1240. The Morgan fingerprint density at radius 2 is 1.79 bits per heavy atom. The van der Waals surface area contributed by atoms with E-state index in [1.54, 1.807) is 18.2 Å². The zero-order valence-corrected chi connectivity index (χ0v) is 19.9. The summed E-state index contributed by atoms with van der Waals surface area (Å²) in [5.41, 5.74) is 1.68. The summed E-state index contributed by atoms with van der Waals surface area (Å²) in [4.78, 5) is 40.7. The fourth-order valence-electron chi connectivity index (χ4n) is 4.50. The van der Waals surface area contributed by atoms with Crippen molar-refractivity contribution in [2.24, 2.45) is 0 Å². The molecule has 5 rings (SSSR count). The van der Waals surface area contributed by atoms with E-state index < -0.39 is 6.23 Å². The van der Waals surface area contributed by atoms with Crippen LogP contribution in [0.1, 0.15) is 36.0 Å². The lowest BCUT2D eigenvalue weighted by Gasteiger charge is -2.37. The number of aromatic nitrogens is 2. The van der Waals surface area contributed by atoms with Crippen LogP contribution in [0.5, 0.6) is 0 Å². The molecule has 4 heterocycles. The second-order valence-electron chi connectivity index (χ2n) is 8.79. The molecule has 1 atom stereocenters. The molecule has 34 heavy (non-hydrogen) atoms. The van der Waals surface area contributed by atoms with Gasteiger partial charge in [-0.3, -0.25) is 19.4 Å². The molecule has 1 unspecified atom stereocenters. The van der Waals surface area contributed by atoms with Crippen molar-refractivity contribution >= 4 is 40.3 Å². The van der Waals surface area contributed by atoms with Crippen molar-refractivity contribution in [2.75, 3.05) is 37.7 Å². The molecule has 176 valence electrons. The second-order valence-corrected chi connectivity index (χ2v) is 9.17. The van der Waals surface area contributed by atoms with Crippen molar-refractivity contribution in [3.8, 4) is 0 Å². The molecular weight excluding hydrogens is 454 g/mol. The minimum absolute atomic E-state index is 0.0832. The zero-order chi connectivity index (χ0) is 23.8. The van der Waals surface area contributed by atoms with Crippen LogP contribution in [0.3, 0.4) is 0 Å². The third-order valence-corrected chi connectivity index (χ3v) is 6.63. The van der Waals surface area contributed by atoms with Gasteiger partial charge in [-0.25, -0.2) is 9.97 Å². The molecule has 0 N–H and O–H groups in total. The average Bonchev–Trinajstić information content (AvgIpc) is 3.13. The van der Waals surface area contributed by atoms with E-state index >= 15 is 0 Å². The Morgan fingerprint density at radius 1 is 1.06 bits per heavy atom. The topological polar surface area (TPSA) is 78.9 Å². The van der Waals surface area contributed by atoms with Gasteiger partial charge in [0.25, 0.3) is 5.91 Å². The Kier molecular flexibility index (Phi) is 6.20. The van der Waals surface area contributed by atoms with Crippen molar-refractivity contribution in [2.45, 2.75) is 26.1 Å². The Balaban J connectivity index is 1.38. The van der Waals surface area contributed by atoms with Gasteiger partial charge in [0.05, 0.1) is 0 Å². The number of carbonyl (C=O) groups excluding carboxylic acids is 2. The Morgan fingerprint density at radius 3 is 2.56 bits per heavy atom. The number of hydrogen-bond acceptors (Lipinski definition) is 6. The van der Waals surface area contributed by atoms with Crippen LogP contribution in [-0.2, 0) is 9.53 Å². The van der Waals surface area contributed by atoms with E-state index in [9.17, 15) is 9.59 Å². The zero-order valence-electron chi connectivity index (χ0n) is 19.1. The second kappa shape index (κ2) is 9.29. The maximum atomic E-state index is 13.3. The minimum atomic E-state index is -0.756. The van der Waals surface area contributed by atoms with Gasteiger partial charge in [-0.2, -0.15) is 0 Å². The molecule has 2 aliphatic rings. The van der Waals surface area contributed by atoms with Crippen LogP contribution in [0, 0.1) is 0 Å². The van der Waals surface area contributed by atoms with E-state index in [0.29, 0.717) is 46.9 Å². The maximum Gasteiger partial charge on any atom is 0.262 e. The number of amides is 2. The highest BCUT2D eigenvalue weighted by molar-refractivity contribution is 6.29. The Labute approximate surface area is 203 Å². The molecule has 1 saturated heterocycles. The summed E-state index contributed by atoms with van der Waals surface area (Å²) in [6.45, 7) is 7.23. The summed E-state index contributed by atoms with van der Waals surface area (Å²) < 4.78 is 6.11. The number of anilines is 1. The molecule has 0 radical (unpaired) electrons. The predicted octanol–water partition coefficient (Wildman–Crippen LogP) is 3.51. The van der Waals surface area contributed by atoms with Crippen LogP contribution in [0.4, 0.5) is 5.82 Å². The van der Waals surface area contributed by atoms with E-state index in [4.69, 9.17) is 16.3 Å². The van der Waals surface area contributed by atoms with Crippen molar-refractivity contribution in [3.63, 3.8) is 0 Å². The molecule has 9 heteroatoms. The lowest BCUT2D eigenvalue weighted by atomic mass is 10.1. The van der Waals surface area contributed by atoms with Gasteiger partial charge in [0.15, 0.2) is 11.9 Å². The van der Waals surface area contributed by atoms with E-state index in [0.717, 1.165) is 18.5 Å². The lowest BCUT2D eigenvalue weighted by Crippen LogP contribution is -2.51. The summed E-state index contributed by atoms with van der Waals surface area (Å²) in [5.74, 6) is 0.0824. The van der Waals surface area contributed by atoms with Crippen LogP contribution in [0.2, 0.25) is 5.15 Å². The number of hydrogen-bond donors (Lipinski definition) is 0. The molecule has 8 nitrogen and oxygen atoms in total. The molecule has 2 aromatic heterocycles. The van der Waals surface area contributed by atoms with E-state index in [1.165, 1.54) is 4.90 Å². The first-order valence-electron chi connectivity index (χ1n) is 11.4. The van der Waals surface area contributed by atoms with Gasteiger partial charge in [-0.05, 0) is 44.2 Å². The number of piperazine rings is 1. The molecule has 2 aliphatic heterocycles. The first-order valence-corrected chi connectivity index (χ1v) is 11.8. The van der Waals surface area contributed by atoms with E-state index in [1.807, 2.05) is 35.2 Å². The average molecular weight is 480 g/mol. The fraction of sp³-hybridized carbons (Fsp3) is 0.360. The Hall–Kier alpha value is -3.07. The van der Waals surface area contributed by atoms with Gasteiger partial charge in [0, 0.05) is 48.7 Å². The molecule has 0 bridgehead atoms. The smallest absolute Gasteiger partial charge is 0.262 e. The number of carbonyl (C=O) groups is 2. The van der Waals surface area contributed by atoms with Crippen LogP contribution in [0.15, 0.2) is 48.5 Å². The maximum absolute atomic E-state index is 13.3. The van der Waals surface area contributed by atoms with Gasteiger partial charge in [0.2, 0.25) is 5.91 Å². The van der Waals surface area contributed by atoms with Gasteiger partial charge in [0.1, 0.15) is 17.6 Å². The lowest BCUT2D eigenvalue weighted by molar-refractivity contribution is -0.140. The molecular formula is C25H26ClN5O3. The number of halogens is 1. The fourth-order valence-corrected chi connectivity index (χ4v) is 4.64. The van der Waals surface area contributed by atoms with Crippen molar-refractivity contribution in [3.05, 3.63) is 64.8 Å². The normalized spacial score (nSPS) is 18.7. The SMILES string of the molecule is CC(C)N1CCN(C(=O)COC2c3ccccc3C(=O)N2c2ccc3ccc(Cl)nc3n2)CC1. The highest BCUT2D eigenvalue weighted by Gasteiger charge is 2.40. The summed E-state index contributed by atoms with van der Waals surface area (Å²) >= 11 is 6.04. The van der Waals surface area contributed by atoms with Gasteiger partial charge < -0.3 is 9.64 Å². The van der Waals surface area contributed by atoms with Crippen molar-refractivity contribution in [1.29, 1.82) is 0 Å². The highest BCUT2D eigenvalue weighted by Crippen LogP contribution is 2.38. The summed E-state index contributed by atoms with van der Waals surface area (Å²) in [5, 5.41) is 1.13. The summed E-state index contributed by atoms with van der Waals surface area (Å²) in [6, 6.07) is 14.9. The number of rotatable bonds is 5. The molecule has 0 aliphatic carbocycles.